The Hall–Kier alpha value is -1.94. The number of nitrogens with zero attached hydrogens (tertiary/aromatic N) is 2. The molecule has 0 aliphatic carbocycles. The SMILES string of the molecule is Cc1ccc(OCCc2ccccn2)c(CN)n1. The van der Waals surface area contributed by atoms with Gasteiger partial charge in [0.15, 0.2) is 0 Å². The summed E-state index contributed by atoms with van der Waals surface area (Å²) in [6.45, 7) is 2.91. The molecule has 0 saturated heterocycles. The van der Waals surface area contributed by atoms with Gasteiger partial charge in [0.05, 0.1) is 12.3 Å². The highest BCUT2D eigenvalue weighted by Gasteiger charge is 2.04. The number of hydrogen-bond acceptors (Lipinski definition) is 4. The molecule has 2 heterocycles. The topological polar surface area (TPSA) is 61.0 Å². The van der Waals surface area contributed by atoms with Gasteiger partial charge < -0.3 is 10.5 Å². The van der Waals surface area contributed by atoms with Gasteiger partial charge in [-0.1, -0.05) is 6.07 Å². The second-order valence-corrected chi connectivity index (χ2v) is 4.02. The number of pyridine rings is 2. The van der Waals surface area contributed by atoms with E-state index in [1.807, 2.05) is 37.3 Å². The monoisotopic (exact) mass is 243 g/mol. The zero-order valence-corrected chi connectivity index (χ0v) is 10.5. The molecule has 0 aliphatic rings. The molecule has 0 saturated carbocycles. The first-order valence-electron chi connectivity index (χ1n) is 5.99. The highest BCUT2D eigenvalue weighted by molar-refractivity contribution is 5.29. The molecule has 2 rings (SSSR count). The van der Waals surface area contributed by atoms with Crippen LogP contribution in [0.3, 0.4) is 0 Å². The molecular formula is C14H17N3O. The van der Waals surface area contributed by atoms with E-state index in [2.05, 4.69) is 9.97 Å². The first-order chi connectivity index (χ1) is 8.79. The van der Waals surface area contributed by atoms with Crippen molar-refractivity contribution in [1.82, 2.24) is 9.97 Å². The van der Waals surface area contributed by atoms with Crippen molar-refractivity contribution in [3.63, 3.8) is 0 Å². The normalized spacial score (nSPS) is 10.3. The molecule has 2 N–H and O–H groups in total. The van der Waals surface area contributed by atoms with Gasteiger partial charge in [0.2, 0.25) is 0 Å². The lowest BCUT2D eigenvalue weighted by molar-refractivity contribution is 0.315. The summed E-state index contributed by atoms with van der Waals surface area (Å²) in [4.78, 5) is 8.60. The Morgan fingerprint density at radius 2 is 2.11 bits per heavy atom. The number of hydrogen-bond donors (Lipinski definition) is 1. The molecule has 0 spiro atoms. The van der Waals surface area contributed by atoms with Gasteiger partial charge in [-0.05, 0) is 31.2 Å². The van der Waals surface area contributed by atoms with Gasteiger partial charge in [-0.3, -0.25) is 9.97 Å². The molecule has 0 aromatic carbocycles. The van der Waals surface area contributed by atoms with E-state index in [0.717, 1.165) is 29.3 Å². The first-order valence-corrected chi connectivity index (χ1v) is 5.99. The Bertz CT molecular complexity index is 500. The van der Waals surface area contributed by atoms with Crippen LogP contribution in [0.1, 0.15) is 17.1 Å². The third kappa shape index (κ3) is 3.28. The summed E-state index contributed by atoms with van der Waals surface area (Å²) in [7, 11) is 0. The number of aryl methyl sites for hydroxylation is 1. The van der Waals surface area contributed by atoms with Crippen LogP contribution >= 0.6 is 0 Å². The summed E-state index contributed by atoms with van der Waals surface area (Å²) < 4.78 is 5.70. The minimum Gasteiger partial charge on any atom is -0.491 e. The van der Waals surface area contributed by atoms with Gasteiger partial charge >= 0.3 is 0 Å². The number of ether oxygens (including phenoxy) is 1. The maximum Gasteiger partial charge on any atom is 0.142 e. The standard InChI is InChI=1S/C14H17N3O/c1-11-5-6-14(13(10-15)17-11)18-9-7-12-4-2-3-8-16-12/h2-6,8H,7,9-10,15H2,1H3. The van der Waals surface area contributed by atoms with E-state index >= 15 is 0 Å². The Labute approximate surface area is 107 Å². The molecule has 0 radical (unpaired) electrons. The lowest BCUT2D eigenvalue weighted by atomic mass is 10.2. The van der Waals surface area contributed by atoms with E-state index in [0.29, 0.717) is 13.2 Å². The molecule has 18 heavy (non-hydrogen) atoms. The van der Waals surface area contributed by atoms with Gasteiger partial charge in [0.25, 0.3) is 0 Å². The van der Waals surface area contributed by atoms with Crippen LogP contribution in [0.4, 0.5) is 0 Å². The van der Waals surface area contributed by atoms with Crippen molar-refractivity contribution in [2.24, 2.45) is 5.73 Å². The van der Waals surface area contributed by atoms with E-state index in [1.165, 1.54) is 0 Å². The van der Waals surface area contributed by atoms with Crippen molar-refractivity contribution < 1.29 is 4.74 Å². The Kier molecular flexibility index (Phi) is 4.25. The van der Waals surface area contributed by atoms with E-state index in [4.69, 9.17) is 10.5 Å². The zero-order valence-electron chi connectivity index (χ0n) is 10.5. The van der Waals surface area contributed by atoms with Crippen molar-refractivity contribution in [2.45, 2.75) is 19.9 Å². The largest absolute Gasteiger partial charge is 0.491 e. The lowest BCUT2D eigenvalue weighted by Crippen LogP contribution is -2.08. The van der Waals surface area contributed by atoms with Crippen LogP contribution in [0.25, 0.3) is 0 Å². The molecule has 2 aromatic rings. The minimum absolute atomic E-state index is 0.389. The summed E-state index contributed by atoms with van der Waals surface area (Å²) in [5, 5.41) is 0. The molecule has 0 fully saturated rings. The van der Waals surface area contributed by atoms with Crippen molar-refractivity contribution >= 4 is 0 Å². The van der Waals surface area contributed by atoms with Crippen molar-refractivity contribution in [2.75, 3.05) is 6.61 Å². The Morgan fingerprint density at radius 3 is 2.83 bits per heavy atom. The van der Waals surface area contributed by atoms with Crippen molar-refractivity contribution in [3.05, 3.63) is 53.6 Å². The van der Waals surface area contributed by atoms with Gasteiger partial charge in [-0.25, -0.2) is 0 Å². The second kappa shape index (κ2) is 6.12. The summed E-state index contributed by atoms with van der Waals surface area (Å²) in [6.07, 6.45) is 2.56. The van der Waals surface area contributed by atoms with Crippen LogP contribution in [0.2, 0.25) is 0 Å². The molecule has 2 aromatic heterocycles. The summed E-state index contributed by atoms with van der Waals surface area (Å²) in [6, 6.07) is 9.71. The minimum atomic E-state index is 0.389. The molecule has 4 heteroatoms. The van der Waals surface area contributed by atoms with E-state index in [-0.39, 0.29) is 0 Å². The number of aromatic nitrogens is 2. The number of rotatable bonds is 5. The summed E-state index contributed by atoms with van der Waals surface area (Å²) >= 11 is 0. The fraction of sp³-hybridized carbons (Fsp3) is 0.286. The van der Waals surface area contributed by atoms with Crippen molar-refractivity contribution in [3.8, 4) is 5.75 Å². The maximum atomic E-state index is 5.70. The highest BCUT2D eigenvalue weighted by atomic mass is 16.5. The average molecular weight is 243 g/mol. The maximum absolute atomic E-state index is 5.70. The highest BCUT2D eigenvalue weighted by Crippen LogP contribution is 2.16. The fourth-order valence-corrected chi connectivity index (χ4v) is 1.69. The molecule has 0 atom stereocenters. The predicted octanol–water partition coefficient (Wildman–Crippen LogP) is 1.87. The van der Waals surface area contributed by atoms with Crippen molar-refractivity contribution in [1.29, 1.82) is 0 Å². The Balaban J connectivity index is 1.94. The number of nitrogens with two attached hydrogens (primary N) is 1. The van der Waals surface area contributed by atoms with Crippen LogP contribution < -0.4 is 10.5 Å². The lowest BCUT2D eigenvalue weighted by Gasteiger charge is -2.10. The smallest absolute Gasteiger partial charge is 0.142 e. The summed E-state index contributed by atoms with van der Waals surface area (Å²) in [5.41, 5.74) is 8.42. The Morgan fingerprint density at radius 1 is 1.22 bits per heavy atom. The van der Waals surface area contributed by atoms with Crippen LogP contribution in [0.5, 0.6) is 5.75 Å². The summed E-state index contributed by atoms with van der Waals surface area (Å²) in [5.74, 6) is 0.763. The molecule has 4 nitrogen and oxygen atoms in total. The molecule has 0 bridgehead atoms. The molecule has 0 amide bonds. The predicted molar refractivity (Wildman–Crippen MR) is 70.3 cm³/mol. The van der Waals surface area contributed by atoms with Gasteiger partial charge in [0, 0.05) is 30.6 Å². The first kappa shape index (κ1) is 12.5. The zero-order chi connectivity index (χ0) is 12.8. The molecule has 0 unspecified atom stereocenters. The third-order valence-electron chi connectivity index (χ3n) is 2.61. The van der Waals surface area contributed by atoms with Crippen LogP contribution in [0.15, 0.2) is 36.5 Å². The van der Waals surface area contributed by atoms with E-state index in [1.54, 1.807) is 6.20 Å². The molecular weight excluding hydrogens is 226 g/mol. The van der Waals surface area contributed by atoms with Crippen LogP contribution in [-0.2, 0) is 13.0 Å². The average Bonchev–Trinajstić information content (AvgIpc) is 2.41. The van der Waals surface area contributed by atoms with E-state index < -0.39 is 0 Å². The van der Waals surface area contributed by atoms with Gasteiger partial charge in [0.1, 0.15) is 5.75 Å². The second-order valence-electron chi connectivity index (χ2n) is 4.02. The molecule has 0 aliphatic heterocycles. The third-order valence-corrected chi connectivity index (χ3v) is 2.61. The van der Waals surface area contributed by atoms with Gasteiger partial charge in [-0.15, -0.1) is 0 Å². The van der Waals surface area contributed by atoms with Gasteiger partial charge in [-0.2, -0.15) is 0 Å². The fourth-order valence-electron chi connectivity index (χ4n) is 1.69. The quantitative estimate of drug-likeness (QED) is 0.870. The van der Waals surface area contributed by atoms with Crippen LogP contribution in [-0.4, -0.2) is 16.6 Å². The van der Waals surface area contributed by atoms with Crippen LogP contribution in [0, 0.1) is 6.92 Å². The molecule has 94 valence electrons. The van der Waals surface area contributed by atoms with E-state index in [9.17, 15) is 0 Å².